The van der Waals surface area contributed by atoms with Crippen molar-refractivity contribution in [3.63, 3.8) is 0 Å². The maximum absolute atomic E-state index is 12.3. The molecule has 102 valence electrons. The summed E-state index contributed by atoms with van der Waals surface area (Å²) in [5, 5.41) is 0.0244. The summed E-state index contributed by atoms with van der Waals surface area (Å²) in [6, 6.07) is 5.26. The Bertz CT molecular complexity index is 722. The normalized spacial score (nSPS) is 22.8. The molecule has 1 fully saturated rings. The first-order chi connectivity index (χ1) is 8.99. The van der Waals surface area contributed by atoms with Crippen LogP contribution in [0.1, 0.15) is 13.3 Å². The SMILES string of the molecule is CC1CC1CNS(=O)(=O)c1c(N)nc2ccccn12. The molecule has 1 aliphatic rings. The van der Waals surface area contributed by atoms with E-state index < -0.39 is 10.0 Å². The minimum atomic E-state index is -3.63. The van der Waals surface area contributed by atoms with Crippen molar-refractivity contribution in [2.45, 2.75) is 18.4 Å². The Balaban J connectivity index is 1.95. The molecule has 3 N–H and O–H groups in total. The zero-order valence-corrected chi connectivity index (χ0v) is 11.4. The van der Waals surface area contributed by atoms with Crippen LogP contribution in [0, 0.1) is 11.8 Å². The van der Waals surface area contributed by atoms with Gasteiger partial charge in [-0.15, -0.1) is 0 Å². The first-order valence-corrected chi connectivity index (χ1v) is 7.69. The van der Waals surface area contributed by atoms with E-state index in [1.54, 1.807) is 24.4 Å². The standard InChI is InChI=1S/C12H16N4O2S/c1-8-6-9(8)7-14-19(17,18)12-11(13)15-10-4-2-3-5-16(10)12/h2-5,8-9,14H,6-7,13H2,1H3. The molecule has 0 spiro atoms. The van der Waals surface area contributed by atoms with Gasteiger partial charge in [-0.1, -0.05) is 13.0 Å². The summed E-state index contributed by atoms with van der Waals surface area (Å²) in [4.78, 5) is 4.06. The maximum atomic E-state index is 12.3. The molecule has 0 aliphatic heterocycles. The Labute approximate surface area is 111 Å². The molecular weight excluding hydrogens is 264 g/mol. The predicted molar refractivity (Wildman–Crippen MR) is 72.1 cm³/mol. The summed E-state index contributed by atoms with van der Waals surface area (Å²) in [6.07, 6.45) is 2.72. The van der Waals surface area contributed by atoms with Crippen LogP contribution in [-0.2, 0) is 10.0 Å². The number of sulfonamides is 1. The van der Waals surface area contributed by atoms with E-state index in [1.165, 1.54) is 4.40 Å². The molecule has 0 amide bonds. The van der Waals surface area contributed by atoms with Crippen LogP contribution in [0.15, 0.2) is 29.4 Å². The molecule has 2 heterocycles. The number of hydrogen-bond acceptors (Lipinski definition) is 4. The van der Waals surface area contributed by atoms with Crippen molar-refractivity contribution in [3.05, 3.63) is 24.4 Å². The molecule has 2 aromatic heterocycles. The molecule has 2 aromatic rings. The highest BCUT2D eigenvalue weighted by molar-refractivity contribution is 7.89. The lowest BCUT2D eigenvalue weighted by Gasteiger charge is -2.06. The van der Waals surface area contributed by atoms with Gasteiger partial charge in [0.25, 0.3) is 10.0 Å². The van der Waals surface area contributed by atoms with Gasteiger partial charge in [0, 0.05) is 12.7 Å². The van der Waals surface area contributed by atoms with Crippen LogP contribution >= 0.6 is 0 Å². The van der Waals surface area contributed by atoms with Crippen LogP contribution in [-0.4, -0.2) is 24.3 Å². The van der Waals surface area contributed by atoms with E-state index in [9.17, 15) is 8.42 Å². The fraction of sp³-hybridized carbons (Fsp3) is 0.417. The van der Waals surface area contributed by atoms with Crippen molar-refractivity contribution in [1.82, 2.24) is 14.1 Å². The third-order valence-electron chi connectivity index (χ3n) is 3.58. The van der Waals surface area contributed by atoms with Crippen LogP contribution in [0.25, 0.3) is 5.65 Å². The fourth-order valence-electron chi connectivity index (χ4n) is 2.23. The molecule has 0 aromatic carbocycles. The molecule has 1 aliphatic carbocycles. The van der Waals surface area contributed by atoms with Crippen molar-refractivity contribution in [2.75, 3.05) is 12.3 Å². The largest absolute Gasteiger partial charge is 0.381 e. The third kappa shape index (κ3) is 2.19. The lowest BCUT2D eigenvalue weighted by molar-refractivity contribution is 0.570. The first kappa shape index (κ1) is 12.4. The highest BCUT2D eigenvalue weighted by atomic mass is 32.2. The minimum Gasteiger partial charge on any atom is -0.381 e. The molecule has 0 bridgehead atoms. The van der Waals surface area contributed by atoms with Gasteiger partial charge in [-0.2, -0.15) is 0 Å². The second-order valence-corrected chi connectivity index (χ2v) is 6.74. The van der Waals surface area contributed by atoms with E-state index in [0.29, 0.717) is 24.0 Å². The smallest absolute Gasteiger partial charge is 0.260 e. The van der Waals surface area contributed by atoms with E-state index in [0.717, 1.165) is 6.42 Å². The molecular formula is C12H16N4O2S. The number of imidazole rings is 1. The number of pyridine rings is 1. The average Bonchev–Trinajstić information content (AvgIpc) is 2.94. The Morgan fingerprint density at radius 2 is 2.26 bits per heavy atom. The van der Waals surface area contributed by atoms with Crippen molar-refractivity contribution in [1.29, 1.82) is 0 Å². The number of nitrogens with two attached hydrogens (primary N) is 1. The second-order valence-electron chi connectivity index (χ2n) is 5.06. The third-order valence-corrected chi connectivity index (χ3v) is 5.04. The van der Waals surface area contributed by atoms with Crippen molar-refractivity contribution < 1.29 is 8.42 Å². The summed E-state index contributed by atoms with van der Waals surface area (Å²) >= 11 is 0. The van der Waals surface area contributed by atoms with Crippen molar-refractivity contribution in [3.8, 4) is 0 Å². The van der Waals surface area contributed by atoms with E-state index >= 15 is 0 Å². The van der Waals surface area contributed by atoms with Crippen LogP contribution < -0.4 is 10.5 Å². The van der Waals surface area contributed by atoms with Crippen LogP contribution in [0.3, 0.4) is 0 Å². The molecule has 2 unspecified atom stereocenters. The van der Waals surface area contributed by atoms with Crippen molar-refractivity contribution >= 4 is 21.5 Å². The lowest BCUT2D eigenvalue weighted by Crippen LogP contribution is -2.28. The number of anilines is 1. The number of rotatable bonds is 4. The van der Waals surface area contributed by atoms with Gasteiger partial charge in [0.1, 0.15) is 5.65 Å². The fourth-order valence-corrected chi connectivity index (χ4v) is 3.53. The zero-order valence-electron chi connectivity index (χ0n) is 10.6. The molecule has 19 heavy (non-hydrogen) atoms. The lowest BCUT2D eigenvalue weighted by atomic mass is 10.3. The average molecular weight is 280 g/mol. The molecule has 2 atom stereocenters. The van der Waals surface area contributed by atoms with Gasteiger partial charge in [-0.25, -0.2) is 18.1 Å². The Hall–Kier alpha value is -1.60. The van der Waals surface area contributed by atoms with Crippen LogP contribution in [0.5, 0.6) is 0 Å². The van der Waals surface area contributed by atoms with Gasteiger partial charge < -0.3 is 5.73 Å². The topological polar surface area (TPSA) is 89.5 Å². The van der Waals surface area contributed by atoms with Gasteiger partial charge in [-0.3, -0.25) is 4.40 Å². The zero-order chi connectivity index (χ0) is 13.6. The Morgan fingerprint density at radius 1 is 1.53 bits per heavy atom. The summed E-state index contributed by atoms with van der Waals surface area (Å²) in [6.45, 7) is 2.57. The number of aromatic nitrogens is 2. The summed E-state index contributed by atoms with van der Waals surface area (Å²) < 4.78 is 28.7. The monoisotopic (exact) mass is 280 g/mol. The van der Waals surface area contributed by atoms with Gasteiger partial charge in [0.05, 0.1) is 0 Å². The minimum absolute atomic E-state index is 0.0244. The van der Waals surface area contributed by atoms with Gasteiger partial charge >= 0.3 is 0 Å². The number of nitrogens with zero attached hydrogens (tertiary/aromatic N) is 2. The highest BCUT2D eigenvalue weighted by Gasteiger charge is 2.34. The molecule has 6 nitrogen and oxygen atoms in total. The van der Waals surface area contributed by atoms with E-state index in [-0.39, 0.29) is 10.8 Å². The maximum Gasteiger partial charge on any atom is 0.260 e. The van der Waals surface area contributed by atoms with Crippen LogP contribution in [0.4, 0.5) is 5.82 Å². The van der Waals surface area contributed by atoms with Gasteiger partial charge in [0.15, 0.2) is 10.8 Å². The molecule has 3 rings (SSSR count). The first-order valence-electron chi connectivity index (χ1n) is 6.21. The quantitative estimate of drug-likeness (QED) is 0.869. The van der Waals surface area contributed by atoms with Gasteiger partial charge in [-0.05, 0) is 30.4 Å². The molecule has 1 saturated carbocycles. The second kappa shape index (κ2) is 4.21. The number of nitrogens with one attached hydrogen (secondary N) is 1. The molecule has 7 heteroatoms. The number of hydrogen-bond donors (Lipinski definition) is 2. The molecule has 0 radical (unpaired) electrons. The van der Waals surface area contributed by atoms with Crippen molar-refractivity contribution in [2.24, 2.45) is 11.8 Å². The van der Waals surface area contributed by atoms with E-state index in [4.69, 9.17) is 5.73 Å². The highest BCUT2D eigenvalue weighted by Crippen LogP contribution is 2.37. The number of fused-ring (bicyclic) bond motifs is 1. The Kier molecular flexibility index (Phi) is 2.75. The summed E-state index contributed by atoms with van der Waals surface area (Å²) in [5.41, 5.74) is 6.27. The Morgan fingerprint density at radius 3 is 2.95 bits per heavy atom. The number of nitrogen functional groups attached to an aromatic ring is 1. The van der Waals surface area contributed by atoms with Gasteiger partial charge in [0.2, 0.25) is 0 Å². The predicted octanol–water partition coefficient (Wildman–Crippen LogP) is 0.851. The van der Waals surface area contributed by atoms with E-state index in [2.05, 4.69) is 16.6 Å². The molecule has 0 saturated heterocycles. The summed E-state index contributed by atoms with van der Waals surface area (Å²) in [7, 11) is -3.63. The summed E-state index contributed by atoms with van der Waals surface area (Å²) in [5.74, 6) is 1.07. The van der Waals surface area contributed by atoms with E-state index in [1.807, 2.05) is 0 Å². The van der Waals surface area contributed by atoms with Crippen LogP contribution in [0.2, 0.25) is 0 Å².